The maximum atomic E-state index is 12.7. The van der Waals surface area contributed by atoms with Crippen molar-refractivity contribution in [3.05, 3.63) is 35.4 Å². The largest absolute Gasteiger partial charge is 0.416 e. The molecule has 27 heavy (non-hydrogen) atoms. The number of sulfonamides is 1. The van der Waals surface area contributed by atoms with Crippen LogP contribution in [0.15, 0.2) is 29.3 Å². The molecule has 0 amide bonds. The van der Waals surface area contributed by atoms with Gasteiger partial charge in [0, 0.05) is 25.7 Å². The third-order valence-corrected chi connectivity index (χ3v) is 4.41. The van der Waals surface area contributed by atoms with Crippen LogP contribution in [0, 0.1) is 0 Å². The Morgan fingerprint density at radius 2 is 1.74 bits per heavy atom. The first-order chi connectivity index (χ1) is 12.2. The highest BCUT2D eigenvalue weighted by Gasteiger charge is 2.30. The molecule has 0 radical (unpaired) electrons. The molecule has 0 saturated heterocycles. The van der Waals surface area contributed by atoms with Crippen molar-refractivity contribution >= 4 is 16.0 Å². The summed E-state index contributed by atoms with van der Waals surface area (Å²) in [5.74, 6) is 0.528. The van der Waals surface area contributed by atoms with Crippen molar-refractivity contribution < 1.29 is 21.6 Å². The van der Waals surface area contributed by atoms with E-state index in [4.69, 9.17) is 0 Å². The van der Waals surface area contributed by atoms with Gasteiger partial charge in [-0.3, -0.25) is 4.99 Å². The van der Waals surface area contributed by atoms with E-state index in [9.17, 15) is 21.6 Å². The van der Waals surface area contributed by atoms with E-state index in [1.807, 2.05) is 6.92 Å². The fraction of sp³-hybridized carbons (Fsp3) is 0.588. The SMILES string of the molecule is CCNC(=NCC(C)(C)NS(C)(=O)=O)N(C)Cc1ccc(C(F)(F)F)cc1. The first-order valence-electron chi connectivity index (χ1n) is 8.38. The monoisotopic (exact) mass is 408 g/mol. The highest BCUT2D eigenvalue weighted by molar-refractivity contribution is 7.88. The second kappa shape index (κ2) is 8.92. The van der Waals surface area contributed by atoms with Gasteiger partial charge in [0.2, 0.25) is 10.0 Å². The van der Waals surface area contributed by atoms with Gasteiger partial charge in [0.1, 0.15) is 0 Å². The third-order valence-electron chi connectivity index (χ3n) is 3.48. The Morgan fingerprint density at radius 3 is 2.19 bits per heavy atom. The Bertz CT molecular complexity index is 744. The summed E-state index contributed by atoms with van der Waals surface area (Å²) in [6.07, 6.45) is -3.28. The molecule has 0 fully saturated rings. The molecule has 0 unspecified atom stereocenters. The van der Waals surface area contributed by atoms with Gasteiger partial charge in [0.25, 0.3) is 0 Å². The van der Waals surface area contributed by atoms with E-state index in [1.165, 1.54) is 12.1 Å². The Balaban J connectivity index is 2.87. The lowest BCUT2D eigenvalue weighted by atomic mass is 10.1. The van der Waals surface area contributed by atoms with Gasteiger partial charge in [0.15, 0.2) is 5.96 Å². The van der Waals surface area contributed by atoms with Crippen molar-refractivity contribution in [1.82, 2.24) is 14.9 Å². The first kappa shape index (κ1) is 23.2. The predicted molar refractivity (Wildman–Crippen MR) is 101 cm³/mol. The van der Waals surface area contributed by atoms with Crippen LogP contribution in [-0.4, -0.2) is 51.2 Å². The number of nitrogens with zero attached hydrogens (tertiary/aromatic N) is 2. The average Bonchev–Trinajstić information content (AvgIpc) is 2.48. The number of guanidine groups is 1. The normalized spacial score (nSPS) is 13.6. The topological polar surface area (TPSA) is 73.8 Å². The minimum absolute atomic E-state index is 0.194. The van der Waals surface area contributed by atoms with E-state index < -0.39 is 27.3 Å². The van der Waals surface area contributed by atoms with Crippen LogP contribution in [0.4, 0.5) is 13.2 Å². The van der Waals surface area contributed by atoms with E-state index in [0.717, 1.165) is 18.4 Å². The molecule has 10 heteroatoms. The molecule has 0 aromatic heterocycles. The summed E-state index contributed by atoms with van der Waals surface area (Å²) in [5, 5.41) is 3.09. The van der Waals surface area contributed by atoms with E-state index in [-0.39, 0.29) is 6.54 Å². The predicted octanol–water partition coefficient (Wildman–Crippen LogP) is 2.43. The van der Waals surface area contributed by atoms with Crippen molar-refractivity contribution in [2.24, 2.45) is 4.99 Å². The fourth-order valence-corrected chi connectivity index (χ4v) is 3.49. The number of aliphatic imine (C=N–C) groups is 1. The van der Waals surface area contributed by atoms with Gasteiger partial charge in [-0.05, 0) is 38.5 Å². The van der Waals surface area contributed by atoms with E-state index in [2.05, 4.69) is 15.0 Å². The molecule has 0 aliphatic rings. The number of nitrogens with one attached hydrogen (secondary N) is 2. The van der Waals surface area contributed by atoms with Crippen LogP contribution in [0.2, 0.25) is 0 Å². The summed E-state index contributed by atoms with van der Waals surface area (Å²) >= 11 is 0. The molecule has 0 spiro atoms. The molecule has 0 bridgehead atoms. The molecule has 0 heterocycles. The van der Waals surface area contributed by atoms with E-state index in [0.29, 0.717) is 24.6 Å². The summed E-state index contributed by atoms with van der Waals surface area (Å²) < 4.78 is 63.3. The summed E-state index contributed by atoms with van der Waals surface area (Å²) in [6.45, 7) is 6.47. The van der Waals surface area contributed by atoms with Crippen LogP contribution >= 0.6 is 0 Å². The van der Waals surface area contributed by atoms with Crippen LogP contribution in [0.5, 0.6) is 0 Å². The highest BCUT2D eigenvalue weighted by Crippen LogP contribution is 2.29. The van der Waals surface area contributed by atoms with Crippen LogP contribution < -0.4 is 10.0 Å². The van der Waals surface area contributed by atoms with Crippen LogP contribution in [-0.2, 0) is 22.7 Å². The van der Waals surface area contributed by atoms with Gasteiger partial charge in [0.05, 0.1) is 18.4 Å². The molecule has 0 aliphatic heterocycles. The lowest BCUT2D eigenvalue weighted by Gasteiger charge is -2.26. The fourth-order valence-electron chi connectivity index (χ4n) is 2.42. The molecule has 1 rings (SSSR count). The van der Waals surface area contributed by atoms with Gasteiger partial charge in [-0.15, -0.1) is 0 Å². The van der Waals surface area contributed by atoms with Crippen LogP contribution in [0.1, 0.15) is 31.9 Å². The molecule has 6 nitrogen and oxygen atoms in total. The van der Waals surface area contributed by atoms with Gasteiger partial charge in [-0.25, -0.2) is 13.1 Å². The van der Waals surface area contributed by atoms with Gasteiger partial charge < -0.3 is 10.2 Å². The number of alkyl halides is 3. The van der Waals surface area contributed by atoms with Crippen LogP contribution in [0.3, 0.4) is 0 Å². The lowest BCUT2D eigenvalue weighted by Crippen LogP contribution is -2.46. The number of hydrogen-bond acceptors (Lipinski definition) is 3. The maximum Gasteiger partial charge on any atom is 0.416 e. The summed E-state index contributed by atoms with van der Waals surface area (Å²) in [7, 11) is -1.61. The van der Waals surface area contributed by atoms with Crippen molar-refractivity contribution in [2.45, 2.75) is 39.0 Å². The molecule has 1 aromatic rings. The zero-order valence-corrected chi connectivity index (χ0v) is 17.0. The second-order valence-electron chi connectivity index (χ2n) is 6.98. The van der Waals surface area contributed by atoms with Crippen molar-refractivity contribution in [2.75, 3.05) is 26.4 Å². The van der Waals surface area contributed by atoms with Gasteiger partial charge in [-0.2, -0.15) is 13.2 Å². The molecule has 0 aliphatic carbocycles. The smallest absolute Gasteiger partial charge is 0.357 e. The second-order valence-corrected chi connectivity index (χ2v) is 8.73. The number of halogens is 3. The summed E-state index contributed by atoms with van der Waals surface area (Å²) in [5.41, 5.74) is -0.767. The maximum absolute atomic E-state index is 12.7. The number of hydrogen-bond donors (Lipinski definition) is 2. The zero-order valence-electron chi connectivity index (χ0n) is 16.2. The molecular formula is C17H27F3N4O2S. The Kier molecular flexibility index (Phi) is 7.67. The van der Waals surface area contributed by atoms with Crippen molar-refractivity contribution in [3.8, 4) is 0 Å². The molecular weight excluding hydrogens is 381 g/mol. The number of rotatable bonds is 7. The third kappa shape index (κ3) is 8.61. The minimum atomic E-state index is -4.36. The standard InChI is InChI=1S/C17H27F3N4O2S/c1-6-21-15(22-12-16(2,3)23-27(5,25)26)24(4)11-13-7-9-14(10-8-13)17(18,19)20/h7-10,23H,6,11-12H2,1-5H3,(H,21,22). The molecule has 154 valence electrons. The summed E-state index contributed by atoms with van der Waals surface area (Å²) in [4.78, 5) is 6.21. The van der Waals surface area contributed by atoms with E-state index in [1.54, 1.807) is 25.8 Å². The van der Waals surface area contributed by atoms with Crippen molar-refractivity contribution in [3.63, 3.8) is 0 Å². The Hall–Kier alpha value is -1.81. The highest BCUT2D eigenvalue weighted by atomic mass is 32.2. The molecule has 0 atom stereocenters. The van der Waals surface area contributed by atoms with Crippen molar-refractivity contribution in [1.29, 1.82) is 0 Å². The summed E-state index contributed by atoms with van der Waals surface area (Å²) in [6, 6.07) is 4.95. The number of benzene rings is 1. The zero-order chi connectivity index (χ0) is 20.9. The van der Waals surface area contributed by atoms with Crippen LogP contribution in [0.25, 0.3) is 0 Å². The first-order valence-corrected chi connectivity index (χ1v) is 10.3. The average molecular weight is 408 g/mol. The minimum Gasteiger partial charge on any atom is -0.357 e. The van der Waals surface area contributed by atoms with E-state index >= 15 is 0 Å². The van der Waals surface area contributed by atoms with Gasteiger partial charge in [-0.1, -0.05) is 12.1 Å². The quantitative estimate of drug-likeness (QED) is 0.537. The van der Waals surface area contributed by atoms with Gasteiger partial charge >= 0.3 is 6.18 Å². The molecule has 1 aromatic carbocycles. The Labute approximate surface area is 158 Å². The molecule has 0 saturated carbocycles. The Morgan fingerprint density at radius 1 is 1.19 bits per heavy atom. The lowest BCUT2D eigenvalue weighted by molar-refractivity contribution is -0.137. The molecule has 2 N–H and O–H groups in total.